The third-order valence-corrected chi connectivity index (χ3v) is 4.06. The second-order valence-corrected chi connectivity index (χ2v) is 5.89. The largest absolute Gasteiger partial charge is 0.459 e. The van der Waals surface area contributed by atoms with Crippen LogP contribution in [0.3, 0.4) is 0 Å². The molecule has 1 aliphatic rings. The van der Waals surface area contributed by atoms with Gasteiger partial charge in [-0.3, -0.25) is 9.69 Å². The molecular weight excluding hydrogens is 348 g/mol. The number of hydrogen-bond acceptors (Lipinski definition) is 6. The third kappa shape index (κ3) is 5.30. The number of halogens is 1. The second-order valence-electron chi connectivity index (χ2n) is 5.62. The van der Waals surface area contributed by atoms with Gasteiger partial charge in [-0.05, 0) is 11.6 Å². The molecule has 0 aromatic heterocycles. The van der Waals surface area contributed by atoms with E-state index in [1.165, 1.54) is 17.2 Å². The van der Waals surface area contributed by atoms with Crippen molar-refractivity contribution in [3.63, 3.8) is 0 Å². The van der Waals surface area contributed by atoms with Crippen molar-refractivity contribution >= 4 is 29.4 Å². The summed E-state index contributed by atoms with van der Waals surface area (Å²) in [5.41, 5.74) is 5.11. The number of amides is 1. The summed E-state index contributed by atoms with van der Waals surface area (Å²) in [5, 5.41) is 0. The first-order chi connectivity index (χ1) is 11.9. The molecule has 25 heavy (non-hydrogen) atoms. The fraction of sp³-hybridized carbons (Fsp3) is 0.353. The van der Waals surface area contributed by atoms with Crippen LogP contribution in [0.2, 0.25) is 0 Å². The van der Waals surface area contributed by atoms with E-state index in [4.69, 9.17) is 26.8 Å². The molecule has 0 radical (unpaired) electrons. The minimum absolute atomic E-state index is 0.0408. The first kappa shape index (κ1) is 19.0. The van der Waals surface area contributed by atoms with Gasteiger partial charge in [0.05, 0.1) is 12.4 Å². The van der Waals surface area contributed by atoms with Gasteiger partial charge in [-0.15, -0.1) is 11.6 Å². The van der Waals surface area contributed by atoms with Gasteiger partial charge in [0.1, 0.15) is 18.8 Å². The maximum atomic E-state index is 12.2. The van der Waals surface area contributed by atoms with E-state index in [1.807, 2.05) is 18.2 Å². The first-order valence-corrected chi connectivity index (χ1v) is 8.18. The van der Waals surface area contributed by atoms with Gasteiger partial charge in [0, 0.05) is 12.6 Å². The summed E-state index contributed by atoms with van der Waals surface area (Å²) >= 11 is 5.79. The van der Waals surface area contributed by atoms with E-state index in [1.54, 1.807) is 12.1 Å². The molecule has 2 rings (SSSR count). The lowest BCUT2D eigenvalue weighted by atomic mass is 9.96. The number of ether oxygens (including phenoxy) is 2. The van der Waals surface area contributed by atoms with E-state index < -0.39 is 23.4 Å². The highest BCUT2D eigenvalue weighted by Crippen LogP contribution is 2.15. The van der Waals surface area contributed by atoms with Crippen molar-refractivity contribution < 1.29 is 23.9 Å². The highest BCUT2D eigenvalue weighted by atomic mass is 35.5. The quantitative estimate of drug-likeness (QED) is 0.426. The van der Waals surface area contributed by atoms with E-state index in [0.29, 0.717) is 6.54 Å². The standard InChI is InChI=1S/C17H19ClN2O5/c18-12-17(19,15(22)25-11-13-4-2-1-3-5-13)10-14(21)6-7-20-8-9-24-16(20)23/h1-7H,8-12,19H2/b7-6+/t17-/m1/s1. The van der Waals surface area contributed by atoms with Crippen LogP contribution in [0, 0.1) is 0 Å². The monoisotopic (exact) mass is 366 g/mol. The molecule has 134 valence electrons. The number of benzene rings is 1. The van der Waals surface area contributed by atoms with Crippen LogP contribution in [0.15, 0.2) is 42.6 Å². The average molecular weight is 367 g/mol. The molecule has 1 saturated heterocycles. The first-order valence-electron chi connectivity index (χ1n) is 7.65. The van der Waals surface area contributed by atoms with Gasteiger partial charge in [-0.25, -0.2) is 9.59 Å². The van der Waals surface area contributed by atoms with Crippen LogP contribution in [0.1, 0.15) is 12.0 Å². The predicted molar refractivity (Wildman–Crippen MR) is 90.7 cm³/mol. The van der Waals surface area contributed by atoms with E-state index in [9.17, 15) is 14.4 Å². The van der Waals surface area contributed by atoms with Gasteiger partial charge in [0.2, 0.25) is 0 Å². The third-order valence-electron chi connectivity index (χ3n) is 3.58. The average Bonchev–Trinajstić information content (AvgIpc) is 3.03. The summed E-state index contributed by atoms with van der Waals surface area (Å²) in [7, 11) is 0. The molecule has 1 aromatic rings. The zero-order valence-corrected chi connectivity index (χ0v) is 14.3. The number of nitrogens with zero attached hydrogens (tertiary/aromatic N) is 1. The molecule has 1 aromatic carbocycles. The Labute approximate surface area is 150 Å². The van der Waals surface area contributed by atoms with Crippen LogP contribution in [0.4, 0.5) is 4.79 Å². The fourth-order valence-corrected chi connectivity index (χ4v) is 2.33. The topological polar surface area (TPSA) is 98.9 Å². The fourth-order valence-electron chi connectivity index (χ4n) is 2.12. The summed E-state index contributed by atoms with van der Waals surface area (Å²) in [6, 6.07) is 9.08. The number of carbonyl (C=O) groups excluding carboxylic acids is 3. The smallest absolute Gasteiger partial charge is 0.413 e. The molecule has 2 N–H and O–H groups in total. The minimum atomic E-state index is -1.64. The van der Waals surface area contributed by atoms with Crippen molar-refractivity contribution in [2.75, 3.05) is 19.0 Å². The maximum Gasteiger partial charge on any atom is 0.413 e. The van der Waals surface area contributed by atoms with Gasteiger partial charge in [0.25, 0.3) is 0 Å². The minimum Gasteiger partial charge on any atom is -0.459 e. The van der Waals surface area contributed by atoms with Gasteiger partial charge < -0.3 is 15.2 Å². The number of nitrogens with two attached hydrogens (primary N) is 1. The Morgan fingerprint density at radius 2 is 2.08 bits per heavy atom. The van der Waals surface area contributed by atoms with Crippen LogP contribution in [0.25, 0.3) is 0 Å². The Balaban J connectivity index is 1.91. The van der Waals surface area contributed by atoms with Crippen LogP contribution < -0.4 is 5.73 Å². The van der Waals surface area contributed by atoms with Crippen molar-refractivity contribution in [2.45, 2.75) is 18.6 Å². The summed E-state index contributed by atoms with van der Waals surface area (Å²) in [4.78, 5) is 36.8. The van der Waals surface area contributed by atoms with E-state index in [-0.39, 0.29) is 25.5 Å². The Morgan fingerprint density at radius 3 is 2.68 bits per heavy atom. The molecule has 1 aliphatic heterocycles. The van der Waals surface area contributed by atoms with Crippen molar-refractivity contribution in [1.29, 1.82) is 0 Å². The van der Waals surface area contributed by atoms with Crippen molar-refractivity contribution in [1.82, 2.24) is 4.90 Å². The lowest BCUT2D eigenvalue weighted by Crippen LogP contribution is -2.52. The molecule has 0 aliphatic carbocycles. The van der Waals surface area contributed by atoms with Gasteiger partial charge in [-0.2, -0.15) is 0 Å². The number of esters is 1. The van der Waals surface area contributed by atoms with Gasteiger partial charge >= 0.3 is 12.1 Å². The Hall–Kier alpha value is -2.38. The number of cyclic esters (lactones) is 1. The number of ketones is 1. The normalized spacial score (nSPS) is 16.6. The molecule has 1 fully saturated rings. The number of carbonyl (C=O) groups is 3. The summed E-state index contributed by atoms with van der Waals surface area (Å²) in [6.07, 6.45) is 1.62. The van der Waals surface area contributed by atoms with Crippen molar-refractivity contribution in [3.8, 4) is 0 Å². The molecule has 1 atom stereocenters. The van der Waals surface area contributed by atoms with Gasteiger partial charge in [0.15, 0.2) is 5.78 Å². The zero-order chi connectivity index (χ0) is 18.3. The SMILES string of the molecule is N[C@@](CCl)(CC(=O)/C=C/N1CCOC1=O)C(=O)OCc1ccccc1. The summed E-state index contributed by atoms with van der Waals surface area (Å²) < 4.78 is 9.91. The highest BCUT2D eigenvalue weighted by molar-refractivity contribution is 6.21. The summed E-state index contributed by atoms with van der Waals surface area (Å²) in [5.74, 6) is -1.47. The number of allylic oxidation sites excluding steroid dienone is 1. The second kappa shape index (κ2) is 8.64. The molecule has 0 unspecified atom stereocenters. The molecule has 7 nitrogen and oxygen atoms in total. The van der Waals surface area contributed by atoms with Gasteiger partial charge in [-0.1, -0.05) is 30.3 Å². The number of hydrogen-bond donors (Lipinski definition) is 1. The zero-order valence-electron chi connectivity index (χ0n) is 13.5. The molecule has 1 heterocycles. The Morgan fingerprint density at radius 1 is 1.36 bits per heavy atom. The van der Waals surface area contributed by atoms with E-state index in [0.717, 1.165) is 5.56 Å². The lowest BCUT2D eigenvalue weighted by Gasteiger charge is -2.23. The highest BCUT2D eigenvalue weighted by Gasteiger charge is 2.37. The molecule has 0 saturated carbocycles. The van der Waals surface area contributed by atoms with Crippen LogP contribution >= 0.6 is 11.6 Å². The lowest BCUT2D eigenvalue weighted by molar-refractivity contribution is -0.151. The number of rotatable bonds is 8. The Kier molecular flexibility index (Phi) is 6.55. The van der Waals surface area contributed by atoms with Crippen molar-refractivity contribution in [2.24, 2.45) is 5.73 Å². The maximum absolute atomic E-state index is 12.2. The number of alkyl halides is 1. The molecular formula is C17H19ClN2O5. The predicted octanol–water partition coefficient (Wildman–Crippen LogP) is 1.59. The van der Waals surface area contributed by atoms with E-state index >= 15 is 0 Å². The molecule has 0 bridgehead atoms. The summed E-state index contributed by atoms with van der Waals surface area (Å²) in [6.45, 7) is 0.676. The van der Waals surface area contributed by atoms with Crippen LogP contribution in [-0.4, -0.2) is 47.3 Å². The Bertz CT molecular complexity index is 664. The molecule has 8 heteroatoms. The van der Waals surface area contributed by atoms with Crippen LogP contribution in [0.5, 0.6) is 0 Å². The van der Waals surface area contributed by atoms with Crippen molar-refractivity contribution in [3.05, 3.63) is 48.2 Å². The van der Waals surface area contributed by atoms with E-state index in [2.05, 4.69) is 0 Å². The molecule has 1 amide bonds. The molecule has 0 spiro atoms. The van der Waals surface area contributed by atoms with Crippen LogP contribution in [-0.2, 0) is 25.7 Å².